The molecule has 0 radical (unpaired) electrons. The Kier molecular flexibility index (Phi) is 3.53. The third-order valence-corrected chi connectivity index (χ3v) is 2.75. The lowest BCUT2D eigenvalue weighted by Crippen LogP contribution is -2.43. The van der Waals surface area contributed by atoms with Crippen molar-refractivity contribution >= 4 is 0 Å². The van der Waals surface area contributed by atoms with Crippen LogP contribution in [0.25, 0.3) is 0 Å². The molecule has 72 valence electrons. The SMILES string of the molecule is CC(C)CN(C)C1CCCC1N. The van der Waals surface area contributed by atoms with Crippen LogP contribution in [0.1, 0.15) is 33.1 Å². The highest BCUT2D eigenvalue weighted by molar-refractivity contribution is 4.86. The van der Waals surface area contributed by atoms with Gasteiger partial charge in [0.2, 0.25) is 0 Å². The van der Waals surface area contributed by atoms with Gasteiger partial charge < -0.3 is 10.6 Å². The van der Waals surface area contributed by atoms with Crippen molar-refractivity contribution in [2.75, 3.05) is 13.6 Å². The largest absolute Gasteiger partial charge is 0.326 e. The monoisotopic (exact) mass is 170 g/mol. The number of nitrogens with two attached hydrogens (primary N) is 1. The Morgan fingerprint density at radius 2 is 2.08 bits per heavy atom. The van der Waals surface area contributed by atoms with E-state index in [-0.39, 0.29) is 0 Å². The Morgan fingerprint density at radius 3 is 2.50 bits per heavy atom. The fourth-order valence-electron chi connectivity index (χ4n) is 2.23. The van der Waals surface area contributed by atoms with E-state index in [4.69, 9.17) is 5.73 Å². The second-order valence-electron chi connectivity index (χ2n) is 4.50. The molecule has 2 unspecified atom stereocenters. The zero-order chi connectivity index (χ0) is 9.14. The molecule has 0 heterocycles. The molecule has 0 aromatic carbocycles. The van der Waals surface area contributed by atoms with Crippen LogP contribution in [-0.2, 0) is 0 Å². The molecule has 1 aliphatic rings. The predicted molar refractivity (Wildman–Crippen MR) is 53.1 cm³/mol. The van der Waals surface area contributed by atoms with Crippen LogP contribution < -0.4 is 5.73 Å². The minimum absolute atomic E-state index is 0.425. The molecule has 1 saturated carbocycles. The molecule has 2 N–H and O–H groups in total. The third-order valence-electron chi connectivity index (χ3n) is 2.75. The molecule has 1 aliphatic carbocycles. The van der Waals surface area contributed by atoms with E-state index in [2.05, 4.69) is 25.8 Å². The number of rotatable bonds is 3. The van der Waals surface area contributed by atoms with Gasteiger partial charge in [0.25, 0.3) is 0 Å². The molecule has 1 fully saturated rings. The molecule has 0 saturated heterocycles. The average Bonchev–Trinajstić information content (AvgIpc) is 2.33. The van der Waals surface area contributed by atoms with Crippen molar-refractivity contribution in [2.24, 2.45) is 11.7 Å². The summed E-state index contributed by atoms with van der Waals surface area (Å²) < 4.78 is 0. The summed E-state index contributed by atoms with van der Waals surface area (Å²) in [6.07, 6.45) is 3.83. The van der Waals surface area contributed by atoms with E-state index in [9.17, 15) is 0 Å². The molecule has 0 aromatic rings. The van der Waals surface area contributed by atoms with Crippen LogP contribution in [0.2, 0.25) is 0 Å². The van der Waals surface area contributed by atoms with Gasteiger partial charge in [0.15, 0.2) is 0 Å². The summed E-state index contributed by atoms with van der Waals surface area (Å²) in [4.78, 5) is 2.43. The summed E-state index contributed by atoms with van der Waals surface area (Å²) in [5, 5.41) is 0. The standard InChI is InChI=1S/C10H22N2/c1-8(2)7-12(3)10-6-4-5-9(10)11/h8-10H,4-7,11H2,1-3H3. The fourth-order valence-corrected chi connectivity index (χ4v) is 2.23. The zero-order valence-electron chi connectivity index (χ0n) is 8.59. The summed E-state index contributed by atoms with van der Waals surface area (Å²) in [5.74, 6) is 0.753. The maximum absolute atomic E-state index is 6.01. The molecule has 0 aromatic heterocycles. The third kappa shape index (κ3) is 2.46. The van der Waals surface area contributed by atoms with Gasteiger partial charge in [-0.15, -0.1) is 0 Å². The van der Waals surface area contributed by atoms with Crippen molar-refractivity contribution < 1.29 is 0 Å². The molecule has 0 bridgehead atoms. The van der Waals surface area contributed by atoms with E-state index in [0.29, 0.717) is 12.1 Å². The van der Waals surface area contributed by atoms with E-state index in [1.54, 1.807) is 0 Å². The smallest absolute Gasteiger partial charge is 0.0244 e. The Morgan fingerprint density at radius 1 is 1.42 bits per heavy atom. The van der Waals surface area contributed by atoms with Gasteiger partial charge in [0.05, 0.1) is 0 Å². The summed E-state index contributed by atoms with van der Waals surface area (Å²) in [6.45, 7) is 5.70. The molecule has 12 heavy (non-hydrogen) atoms. The minimum Gasteiger partial charge on any atom is -0.326 e. The lowest BCUT2D eigenvalue weighted by atomic mass is 10.1. The summed E-state index contributed by atoms with van der Waals surface area (Å²) in [6, 6.07) is 1.07. The molecule has 0 amide bonds. The van der Waals surface area contributed by atoms with Crippen LogP contribution in [-0.4, -0.2) is 30.6 Å². The molecular formula is C10H22N2. The first-order valence-electron chi connectivity index (χ1n) is 5.07. The number of likely N-dealkylation sites (N-methyl/N-ethyl adjacent to an activating group) is 1. The second kappa shape index (κ2) is 4.24. The van der Waals surface area contributed by atoms with Crippen LogP contribution in [0.3, 0.4) is 0 Å². The van der Waals surface area contributed by atoms with Crippen molar-refractivity contribution in [3.8, 4) is 0 Å². The number of hydrogen-bond donors (Lipinski definition) is 1. The number of nitrogens with zero attached hydrogens (tertiary/aromatic N) is 1. The molecule has 0 aliphatic heterocycles. The summed E-state index contributed by atoms with van der Waals surface area (Å²) in [5.41, 5.74) is 6.01. The normalized spacial score (nSPS) is 30.5. The van der Waals surface area contributed by atoms with Gasteiger partial charge in [0, 0.05) is 18.6 Å². The Hall–Kier alpha value is -0.0800. The van der Waals surface area contributed by atoms with Crippen molar-refractivity contribution in [1.82, 2.24) is 4.90 Å². The zero-order valence-corrected chi connectivity index (χ0v) is 8.59. The van der Waals surface area contributed by atoms with E-state index in [1.165, 1.54) is 25.8 Å². The van der Waals surface area contributed by atoms with Crippen molar-refractivity contribution in [1.29, 1.82) is 0 Å². The first-order chi connectivity index (χ1) is 5.61. The van der Waals surface area contributed by atoms with E-state index >= 15 is 0 Å². The molecule has 2 atom stereocenters. The van der Waals surface area contributed by atoms with Crippen molar-refractivity contribution in [3.63, 3.8) is 0 Å². The Bertz CT molecular complexity index is 134. The van der Waals surface area contributed by atoms with Crippen LogP contribution in [0, 0.1) is 5.92 Å². The highest BCUT2D eigenvalue weighted by Gasteiger charge is 2.27. The highest BCUT2D eigenvalue weighted by atomic mass is 15.1. The molecule has 1 rings (SSSR count). The van der Waals surface area contributed by atoms with Gasteiger partial charge in [0.1, 0.15) is 0 Å². The lowest BCUT2D eigenvalue weighted by Gasteiger charge is -2.28. The summed E-state index contributed by atoms with van der Waals surface area (Å²) in [7, 11) is 2.20. The maximum Gasteiger partial charge on any atom is 0.0244 e. The van der Waals surface area contributed by atoms with E-state index in [0.717, 1.165) is 5.92 Å². The molecular weight excluding hydrogens is 148 g/mol. The Balaban J connectivity index is 2.35. The van der Waals surface area contributed by atoms with Crippen LogP contribution in [0.15, 0.2) is 0 Å². The van der Waals surface area contributed by atoms with E-state index in [1.807, 2.05) is 0 Å². The predicted octanol–water partition coefficient (Wildman–Crippen LogP) is 1.45. The topological polar surface area (TPSA) is 29.3 Å². The average molecular weight is 170 g/mol. The van der Waals surface area contributed by atoms with Crippen molar-refractivity contribution in [3.05, 3.63) is 0 Å². The molecule has 2 nitrogen and oxygen atoms in total. The number of hydrogen-bond acceptors (Lipinski definition) is 2. The molecule has 2 heteroatoms. The first kappa shape index (κ1) is 10.0. The van der Waals surface area contributed by atoms with Gasteiger partial charge in [-0.05, 0) is 25.8 Å². The Labute approximate surface area is 76.1 Å². The quantitative estimate of drug-likeness (QED) is 0.694. The second-order valence-corrected chi connectivity index (χ2v) is 4.50. The van der Waals surface area contributed by atoms with Gasteiger partial charge in [-0.25, -0.2) is 0 Å². The van der Waals surface area contributed by atoms with Crippen molar-refractivity contribution in [2.45, 2.75) is 45.2 Å². The van der Waals surface area contributed by atoms with Crippen LogP contribution in [0.5, 0.6) is 0 Å². The lowest BCUT2D eigenvalue weighted by molar-refractivity contribution is 0.206. The van der Waals surface area contributed by atoms with Gasteiger partial charge >= 0.3 is 0 Å². The summed E-state index contributed by atoms with van der Waals surface area (Å²) >= 11 is 0. The van der Waals surface area contributed by atoms with Gasteiger partial charge in [-0.3, -0.25) is 0 Å². The van der Waals surface area contributed by atoms with E-state index < -0.39 is 0 Å². The molecule has 0 spiro atoms. The first-order valence-corrected chi connectivity index (χ1v) is 5.07. The maximum atomic E-state index is 6.01. The van der Waals surface area contributed by atoms with Gasteiger partial charge in [-0.1, -0.05) is 20.3 Å². The van der Waals surface area contributed by atoms with Crippen LogP contribution >= 0.6 is 0 Å². The van der Waals surface area contributed by atoms with Gasteiger partial charge in [-0.2, -0.15) is 0 Å². The minimum atomic E-state index is 0.425. The van der Waals surface area contributed by atoms with Crippen LogP contribution in [0.4, 0.5) is 0 Å². The highest BCUT2D eigenvalue weighted by Crippen LogP contribution is 2.22. The fraction of sp³-hybridized carbons (Fsp3) is 1.00.